The Kier molecular flexibility index (Phi) is 10.8. The van der Waals surface area contributed by atoms with Gasteiger partial charge in [0.15, 0.2) is 0 Å². The number of fused-ring (bicyclic) bond motifs is 1. The summed E-state index contributed by atoms with van der Waals surface area (Å²) >= 11 is 0. The van der Waals surface area contributed by atoms with Gasteiger partial charge < -0.3 is 36.9 Å². The zero-order chi connectivity index (χ0) is 29.2. The lowest BCUT2D eigenvalue weighted by Gasteiger charge is -2.27. The maximum absolute atomic E-state index is 13.1. The number of aliphatic hydroxyl groups excluding tert-OH is 1. The molecule has 5 atom stereocenters. The van der Waals surface area contributed by atoms with E-state index in [2.05, 4.69) is 20.9 Å². The van der Waals surface area contributed by atoms with Crippen LogP contribution in [0.2, 0.25) is 0 Å². The van der Waals surface area contributed by atoms with Crippen LogP contribution in [0.1, 0.15) is 31.4 Å². The molecule has 8 N–H and O–H groups in total. The molecule has 1 aromatic heterocycles. The molecule has 214 valence electrons. The third-order valence-electron chi connectivity index (χ3n) is 6.96. The minimum Gasteiger partial charge on any atom is -0.480 e. The SMILES string of the molecule is CCC(C)C(NC(=O)C(CO)NC(=O)C(N)Cc1c[nH]c2ccccc12)C(=O)NC(Cc1ccccc1)C(=O)O. The molecule has 0 saturated heterocycles. The Labute approximate surface area is 232 Å². The number of carboxylic acid groups (broad SMARTS) is 1. The number of nitrogens with two attached hydrogens (primary N) is 1. The standard InChI is InChI=1S/C29H37N5O6/c1-3-17(2)25(28(38)32-23(29(39)40)13-18-9-5-4-6-10-18)34-27(37)24(16-35)33-26(36)21(30)14-19-15-31-22-12-8-7-11-20(19)22/h4-12,15,17,21,23-25,31,35H,3,13-14,16,30H2,1-2H3,(H,32,38)(H,33,36)(H,34,37)(H,39,40). The first-order valence-corrected chi connectivity index (χ1v) is 13.2. The normalized spacial score (nSPS) is 14.9. The van der Waals surface area contributed by atoms with E-state index in [1.165, 1.54) is 0 Å². The van der Waals surface area contributed by atoms with Crippen molar-refractivity contribution in [2.75, 3.05) is 6.61 Å². The van der Waals surface area contributed by atoms with Gasteiger partial charge in [-0.25, -0.2) is 4.79 Å². The molecule has 3 rings (SSSR count). The lowest BCUT2D eigenvalue weighted by Crippen LogP contribution is -2.59. The Bertz CT molecular complexity index is 1310. The number of hydrogen-bond acceptors (Lipinski definition) is 6. The van der Waals surface area contributed by atoms with E-state index in [1.54, 1.807) is 43.5 Å². The molecule has 0 radical (unpaired) electrons. The molecule has 0 aliphatic carbocycles. The summed E-state index contributed by atoms with van der Waals surface area (Å²) in [6, 6.07) is 11.8. The van der Waals surface area contributed by atoms with Gasteiger partial charge in [0.2, 0.25) is 17.7 Å². The van der Waals surface area contributed by atoms with E-state index in [1.807, 2.05) is 31.2 Å². The number of carboxylic acids is 1. The molecule has 11 nitrogen and oxygen atoms in total. The number of aromatic amines is 1. The van der Waals surface area contributed by atoms with E-state index in [4.69, 9.17) is 5.73 Å². The second-order valence-electron chi connectivity index (χ2n) is 9.87. The maximum atomic E-state index is 13.1. The molecule has 1 heterocycles. The molecule has 2 aromatic carbocycles. The lowest BCUT2D eigenvalue weighted by molar-refractivity contribution is -0.142. The third kappa shape index (κ3) is 7.90. The smallest absolute Gasteiger partial charge is 0.326 e. The van der Waals surface area contributed by atoms with Crippen LogP contribution in [0.5, 0.6) is 0 Å². The number of para-hydroxylation sites is 1. The average molecular weight is 552 g/mol. The number of hydrogen-bond donors (Lipinski definition) is 7. The molecular weight excluding hydrogens is 514 g/mol. The highest BCUT2D eigenvalue weighted by Gasteiger charge is 2.32. The first-order chi connectivity index (χ1) is 19.1. The van der Waals surface area contributed by atoms with Crippen LogP contribution in [0.3, 0.4) is 0 Å². The summed E-state index contributed by atoms with van der Waals surface area (Å²) in [5, 5.41) is 28.0. The van der Waals surface area contributed by atoms with Crippen LogP contribution in [0, 0.1) is 5.92 Å². The molecule has 0 bridgehead atoms. The zero-order valence-corrected chi connectivity index (χ0v) is 22.6. The van der Waals surface area contributed by atoms with Crippen molar-refractivity contribution in [1.82, 2.24) is 20.9 Å². The number of aliphatic hydroxyl groups is 1. The van der Waals surface area contributed by atoms with Crippen LogP contribution in [0.25, 0.3) is 10.9 Å². The van der Waals surface area contributed by atoms with Gasteiger partial charge in [-0.15, -0.1) is 0 Å². The maximum Gasteiger partial charge on any atom is 0.326 e. The van der Waals surface area contributed by atoms with E-state index in [9.17, 15) is 29.4 Å². The number of rotatable bonds is 14. The van der Waals surface area contributed by atoms with Gasteiger partial charge >= 0.3 is 5.97 Å². The first kappa shape index (κ1) is 30.3. The van der Waals surface area contributed by atoms with Crippen LogP contribution in [0.15, 0.2) is 60.8 Å². The van der Waals surface area contributed by atoms with Crippen molar-refractivity contribution in [2.45, 2.75) is 57.3 Å². The predicted molar refractivity (Wildman–Crippen MR) is 150 cm³/mol. The van der Waals surface area contributed by atoms with Gasteiger partial charge in [0.1, 0.15) is 18.1 Å². The highest BCUT2D eigenvalue weighted by molar-refractivity contribution is 5.94. The van der Waals surface area contributed by atoms with Crippen LogP contribution < -0.4 is 21.7 Å². The summed E-state index contributed by atoms with van der Waals surface area (Å²) < 4.78 is 0. The van der Waals surface area contributed by atoms with E-state index < -0.39 is 54.5 Å². The molecule has 0 fully saturated rings. The Morgan fingerprint density at radius 1 is 0.875 bits per heavy atom. The fourth-order valence-corrected chi connectivity index (χ4v) is 4.37. The Morgan fingerprint density at radius 3 is 2.17 bits per heavy atom. The number of amides is 3. The van der Waals surface area contributed by atoms with E-state index in [0.29, 0.717) is 6.42 Å². The van der Waals surface area contributed by atoms with Gasteiger partial charge in [-0.2, -0.15) is 0 Å². The molecular formula is C29H37N5O6. The molecule has 0 aliphatic rings. The van der Waals surface area contributed by atoms with Crippen molar-refractivity contribution >= 4 is 34.6 Å². The Morgan fingerprint density at radius 2 is 1.52 bits per heavy atom. The number of nitrogens with one attached hydrogen (secondary N) is 4. The van der Waals surface area contributed by atoms with E-state index in [-0.39, 0.29) is 18.8 Å². The van der Waals surface area contributed by atoms with Crippen LogP contribution in [-0.2, 0) is 32.0 Å². The Hall–Kier alpha value is -4.22. The van der Waals surface area contributed by atoms with E-state index >= 15 is 0 Å². The summed E-state index contributed by atoms with van der Waals surface area (Å²) in [5.41, 5.74) is 8.57. The van der Waals surface area contributed by atoms with Crippen LogP contribution in [-0.4, -0.2) is 69.7 Å². The monoisotopic (exact) mass is 551 g/mol. The number of H-pyrrole nitrogens is 1. The summed E-state index contributed by atoms with van der Waals surface area (Å²) in [4.78, 5) is 54.0. The van der Waals surface area contributed by atoms with Gasteiger partial charge in [-0.1, -0.05) is 68.8 Å². The molecule has 5 unspecified atom stereocenters. The van der Waals surface area contributed by atoms with Gasteiger partial charge in [-0.05, 0) is 29.5 Å². The zero-order valence-electron chi connectivity index (χ0n) is 22.6. The second kappa shape index (κ2) is 14.2. The van der Waals surface area contributed by atoms with Gasteiger partial charge in [0.25, 0.3) is 0 Å². The van der Waals surface area contributed by atoms with E-state index in [0.717, 1.165) is 22.0 Å². The van der Waals surface area contributed by atoms with Crippen LogP contribution >= 0.6 is 0 Å². The number of carbonyl (C=O) groups is 4. The highest BCUT2D eigenvalue weighted by atomic mass is 16.4. The van der Waals surface area contributed by atoms with Crippen molar-refractivity contribution < 1.29 is 29.4 Å². The average Bonchev–Trinajstić information content (AvgIpc) is 3.36. The largest absolute Gasteiger partial charge is 0.480 e. The topological polar surface area (TPSA) is 187 Å². The fraction of sp³-hybridized carbons (Fsp3) is 0.379. The highest BCUT2D eigenvalue weighted by Crippen LogP contribution is 2.19. The van der Waals surface area contributed by atoms with Crippen molar-refractivity contribution in [3.05, 3.63) is 71.9 Å². The predicted octanol–water partition coefficient (Wildman–Crippen LogP) is 0.858. The van der Waals surface area contributed by atoms with Crippen molar-refractivity contribution in [3.63, 3.8) is 0 Å². The molecule has 0 aliphatic heterocycles. The molecule has 0 spiro atoms. The third-order valence-corrected chi connectivity index (χ3v) is 6.96. The number of aliphatic carboxylic acids is 1. The second-order valence-corrected chi connectivity index (χ2v) is 9.87. The first-order valence-electron chi connectivity index (χ1n) is 13.2. The van der Waals surface area contributed by atoms with Gasteiger partial charge in [0.05, 0.1) is 12.6 Å². The summed E-state index contributed by atoms with van der Waals surface area (Å²) in [6.07, 6.45) is 2.53. The fourth-order valence-electron chi connectivity index (χ4n) is 4.37. The van der Waals surface area contributed by atoms with Crippen LogP contribution in [0.4, 0.5) is 0 Å². The minimum absolute atomic E-state index is 0.0622. The van der Waals surface area contributed by atoms with Crippen molar-refractivity contribution in [2.24, 2.45) is 11.7 Å². The minimum atomic E-state index is -1.36. The number of carbonyl (C=O) groups excluding carboxylic acids is 3. The number of benzene rings is 2. The Balaban J connectivity index is 1.64. The lowest BCUT2D eigenvalue weighted by atomic mass is 9.97. The quantitative estimate of drug-likeness (QED) is 0.155. The van der Waals surface area contributed by atoms with Gasteiger partial charge in [0, 0.05) is 23.5 Å². The molecule has 11 heteroatoms. The summed E-state index contributed by atoms with van der Waals surface area (Å²) in [7, 11) is 0. The summed E-state index contributed by atoms with van der Waals surface area (Å²) in [6.45, 7) is 2.84. The number of aromatic nitrogens is 1. The summed E-state index contributed by atoms with van der Waals surface area (Å²) in [5.74, 6) is -3.68. The molecule has 0 saturated carbocycles. The molecule has 3 aromatic rings. The molecule has 3 amide bonds. The molecule has 40 heavy (non-hydrogen) atoms. The van der Waals surface area contributed by atoms with Gasteiger partial charge in [-0.3, -0.25) is 14.4 Å². The van der Waals surface area contributed by atoms with Crippen molar-refractivity contribution in [3.8, 4) is 0 Å². The van der Waals surface area contributed by atoms with Crippen molar-refractivity contribution in [1.29, 1.82) is 0 Å².